The number of nitrogens with zero attached hydrogens (tertiary/aromatic N) is 7. The number of hydrogen-bond donors (Lipinski definition) is 2. The van der Waals surface area contributed by atoms with E-state index >= 15 is 0 Å². The maximum atomic E-state index is 12.4. The fraction of sp³-hybridized carbons (Fsp3) is 0.528. The average molecular weight is 637 g/mol. The molecule has 47 heavy (non-hydrogen) atoms. The van der Waals surface area contributed by atoms with Crippen LogP contribution in [-0.4, -0.2) is 90.5 Å². The van der Waals surface area contributed by atoms with Crippen LogP contribution in [0.15, 0.2) is 42.7 Å². The molecule has 1 spiro atoms. The predicted octanol–water partition coefficient (Wildman–Crippen LogP) is 5.82. The second-order valence-electron chi connectivity index (χ2n) is 15.2. The van der Waals surface area contributed by atoms with Crippen molar-refractivity contribution >= 4 is 22.9 Å². The minimum atomic E-state index is -0.443. The van der Waals surface area contributed by atoms with Crippen LogP contribution < -0.4 is 4.90 Å². The number of phenols is 1. The number of aromatic amines is 1. The first-order valence-electron chi connectivity index (χ1n) is 17.0. The summed E-state index contributed by atoms with van der Waals surface area (Å²) >= 11 is 0. The standard InChI is InChI=1S/C36H44N8O3/c1-22-32-26-15-28(25-7-5-6-8-30(25)45)40-41-33(26)39-27(32)11-14-44(22)31-19-37-29(18-38-31)23-9-12-42(13-10-23)24-16-36(17-24)20-43(21-36)34(46)47-35(2,3)4/h5-8,15,18-19,22-24,45H,9-14,16-17,20-21H2,1-4H3,(H,39,41)/t22-/m1/s1. The fourth-order valence-corrected chi connectivity index (χ4v) is 8.38. The first-order valence-corrected chi connectivity index (χ1v) is 17.0. The fourth-order valence-electron chi connectivity index (χ4n) is 8.38. The molecule has 11 nitrogen and oxygen atoms in total. The molecule has 3 aromatic heterocycles. The highest BCUT2D eigenvalue weighted by Crippen LogP contribution is 2.51. The number of amides is 1. The SMILES string of the molecule is C[C@@H]1c2c([nH]c3nnc(-c4ccccc4O)cc23)CCN1c1cnc(C2CCN(C3CC4(C3)CN(C(=O)OC(C)(C)C)C4)CC2)cn1. The number of ether oxygens (including phenoxy) is 1. The Morgan fingerprint density at radius 3 is 2.51 bits per heavy atom. The van der Waals surface area contributed by atoms with Gasteiger partial charge >= 0.3 is 6.09 Å². The number of H-pyrrole nitrogens is 1. The smallest absolute Gasteiger partial charge is 0.410 e. The van der Waals surface area contributed by atoms with Crippen molar-refractivity contribution < 1.29 is 14.6 Å². The summed E-state index contributed by atoms with van der Waals surface area (Å²) in [5.41, 5.74) is 5.43. The first-order chi connectivity index (χ1) is 22.6. The van der Waals surface area contributed by atoms with E-state index in [-0.39, 0.29) is 17.9 Å². The molecule has 1 aromatic carbocycles. The van der Waals surface area contributed by atoms with E-state index in [0.29, 0.717) is 28.6 Å². The van der Waals surface area contributed by atoms with Crippen molar-refractivity contribution in [2.24, 2.45) is 5.41 Å². The number of carbonyl (C=O) groups excluding carboxylic acids is 1. The summed E-state index contributed by atoms with van der Waals surface area (Å²) < 4.78 is 5.54. The van der Waals surface area contributed by atoms with E-state index in [2.05, 4.69) is 31.9 Å². The monoisotopic (exact) mass is 636 g/mol. The van der Waals surface area contributed by atoms with Gasteiger partial charge in [-0.25, -0.2) is 9.78 Å². The molecule has 11 heteroatoms. The maximum absolute atomic E-state index is 12.4. The van der Waals surface area contributed by atoms with E-state index in [1.165, 1.54) is 24.1 Å². The Morgan fingerprint density at radius 2 is 1.81 bits per heavy atom. The molecular formula is C36H44N8O3. The van der Waals surface area contributed by atoms with Gasteiger partial charge < -0.3 is 29.5 Å². The molecule has 0 radical (unpaired) electrons. The van der Waals surface area contributed by atoms with Crippen molar-refractivity contribution in [2.45, 2.75) is 83.4 Å². The van der Waals surface area contributed by atoms with Crippen LogP contribution in [0.5, 0.6) is 5.75 Å². The van der Waals surface area contributed by atoms with Crippen LogP contribution in [0.2, 0.25) is 0 Å². The normalized spacial score (nSPS) is 21.8. The summed E-state index contributed by atoms with van der Waals surface area (Å²) in [6, 6.07) is 9.97. The topological polar surface area (TPSA) is 124 Å². The number of piperidine rings is 1. The third-order valence-electron chi connectivity index (χ3n) is 10.8. The van der Waals surface area contributed by atoms with Gasteiger partial charge in [0.25, 0.3) is 0 Å². The van der Waals surface area contributed by atoms with Gasteiger partial charge in [-0.15, -0.1) is 10.2 Å². The molecule has 0 unspecified atom stereocenters. The zero-order valence-electron chi connectivity index (χ0n) is 27.7. The highest BCUT2D eigenvalue weighted by molar-refractivity contribution is 5.86. The van der Waals surface area contributed by atoms with E-state index in [0.717, 1.165) is 74.5 Å². The second kappa shape index (κ2) is 11.2. The van der Waals surface area contributed by atoms with Crippen LogP contribution >= 0.6 is 0 Å². The van der Waals surface area contributed by atoms with Crippen molar-refractivity contribution in [3.05, 3.63) is 59.7 Å². The van der Waals surface area contributed by atoms with Gasteiger partial charge in [0, 0.05) is 65.6 Å². The third kappa shape index (κ3) is 5.48. The van der Waals surface area contributed by atoms with E-state index in [1.807, 2.05) is 56.3 Å². The van der Waals surface area contributed by atoms with E-state index in [4.69, 9.17) is 14.7 Å². The highest BCUT2D eigenvalue weighted by atomic mass is 16.6. The molecule has 2 N–H and O–H groups in total. The largest absolute Gasteiger partial charge is 0.507 e. The lowest BCUT2D eigenvalue weighted by atomic mass is 9.60. The third-order valence-corrected chi connectivity index (χ3v) is 10.8. The molecule has 8 rings (SSSR count). The van der Waals surface area contributed by atoms with Crippen LogP contribution in [0.25, 0.3) is 22.3 Å². The van der Waals surface area contributed by atoms with Crippen molar-refractivity contribution in [3.63, 3.8) is 0 Å². The van der Waals surface area contributed by atoms with E-state index in [9.17, 15) is 9.90 Å². The molecule has 1 atom stereocenters. The van der Waals surface area contributed by atoms with Gasteiger partial charge in [0.2, 0.25) is 0 Å². The maximum Gasteiger partial charge on any atom is 0.410 e. The zero-order chi connectivity index (χ0) is 32.5. The molecule has 3 fully saturated rings. The van der Waals surface area contributed by atoms with Crippen molar-refractivity contribution in [1.29, 1.82) is 0 Å². The summed E-state index contributed by atoms with van der Waals surface area (Å²) in [7, 11) is 0. The average Bonchev–Trinajstić information content (AvgIpc) is 3.38. The van der Waals surface area contributed by atoms with Gasteiger partial charge in [0.15, 0.2) is 5.65 Å². The van der Waals surface area contributed by atoms with Crippen LogP contribution in [0.4, 0.5) is 10.6 Å². The number of aromatic hydroxyl groups is 1. The zero-order valence-corrected chi connectivity index (χ0v) is 27.7. The molecule has 4 aromatic rings. The molecule has 0 bridgehead atoms. The second-order valence-corrected chi connectivity index (χ2v) is 15.2. The number of para-hydroxylation sites is 1. The van der Waals surface area contributed by atoms with Gasteiger partial charge in [-0.1, -0.05) is 12.1 Å². The summed E-state index contributed by atoms with van der Waals surface area (Å²) in [5, 5.41) is 20.3. The van der Waals surface area contributed by atoms with E-state index < -0.39 is 5.60 Å². The number of benzene rings is 1. The number of anilines is 1. The minimum absolute atomic E-state index is 0.0787. The quantitative estimate of drug-likeness (QED) is 0.285. The Labute approximate surface area is 275 Å². The van der Waals surface area contributed by atoms with Gasteiger partial charge in [-0.05, 0) is 84.7 Å². The van der Waals surface area contributed by atoms with E-state index in [1.54, 1.807) is 12.1 Å². The predicted molar refractivity (Wildman–Crippen MR) is 179 cm³/mol. The number of likely N-dealkylation sites (tertiary alicyclic amines) is 2. The first kappa shape index (κ1) is 30.1. The van der Waals surface area contributed by atoms with Crippen LogP contribution in [0.1, 0.15) is 82.3 Å². The molecule has 246 valence electrons. The number of fused-ring (bicyclic) bond motifs is 3. The molecule has 1 saturated carbocycles. The van der Waals surface area contributed by atoms with Crippen molar-refractivity contribution in [1.82, 2.24) is 34.9 Å². The van der Waals surface area contributed by atoms with Gasteiger partial charge in [0.05, 0.1) is 29.8 Å². The number of phenolic OH excluding ortho intramolecular Hbond substituents is 1. The summed E-state index contributed by atoms with van der Waals surface area (Å²) in [6.45, 7) is 12.7. The molecule has 6 heterocycles. The van der Waals surface area contributed by atoms with Crippen molar-refractivity contribution in [3.8, 4) is 17.0 Å². The summed E-state index contributed by atoms with van der Waals surface area (Å²) in [6.07, 6.45) is 9.18. The molecule has 1 amide bonds. The lowest BCUT2D eigenvalue weighted by Gasteiger charge is -2.61. The molecule has 3 aliphatic heterocycles. The van der Waals surface area contributed by atoms with Crippen molar-refractivity contribution in [2.75, 3.05) is 37.6 Å². The summed E-state index contributed by atoms with van der Waals surface area (Å²) in [5.74, 6) is 1.51. The summed E-state index contributed by atoms with van der Waals surface area (Å²) in [4.78, 5) is 32.6. The van der Waals surface area contributed by atoms with Crippen LogP contribution in [0.3, 0.4) is 0 Å². The molecule has 4 aliphatic rings. The number of nitrogens with one attached hydrogen (secondary N) is 1. The van der Waals surface area contributed by atoms with Gasteiger partial charge in [-0.2, -0.15) is 0 Å². The molecule has 1 aliphatic carbocycles. The lowest BCUT2D eigenvalue weighted by molar-refractivity contribution is -0.110. The Hall–Kier alpha value is -4.25. The Bertz CT molecular complexity index is 1790. The number of rotatable bonds is 4. The Kier molecular flexibility index (Phi) is 7.16. The van der Waals surface area contributed by atoms with Crippen LogP contribution in [-0.2, 0) is 11.2 Å². The van der Waals surface area contributed by atoms with Crippen LogP contribution in [0, 0.1) is 5.41 Å². The lowest BCUT2D eigenvalue weighted by Crippen LogP contribution is -2.68. The number of hydrogen-bond acceptors (Lipinski definition) is 9. The number of carbonyl (C=O) groups is 1. The van der Waals surface area contributed by atoms with Gasteiger partial charge in [-0.3, -0.25) is 4.98 Å². The molecule has 2 saturated heterocycles. The Balaban J connectivity index is 0.879. The number of aromatic nitrogens is 5. The minimum Gasteiger partial charge on any atom is -0.507 e. The highest BCUT2D eigenvalue weighted by Gasteiger charge is 2.55. The van der Waals surface area contributed by atoms with Gasteiger partial charge in [0.1, 0.15) is 17.2 Å². The molecular weight excluding hydrogens is 592 g/mol. The Morgan fingerprint density at radius 1 is 1.04 bits per heavy atom.